The van der Waals surface area contributed by atoms with Gasteiger partial charge in [-0.15, -0.1) is 11.3 Å². The summed E-state index contributed by atoms with van der Waals surface area (Å²) in [6.07, 6.45) is 0. The van der Waals surface area contributed by atoms with E-state index >= 15 is 0 Å². The molecular weight excluding hydrogens is 182 g/mol. The van der Waals surface area contributed by atoms with E-state index in [1.807, 2.05) is 11.4 Å². The third-order valence-electron chi connectivity index (χ3n) is 1.19. The molecule has 0 aliphatic carbocycles. The average molecular weight is 190 g/mol. The lowest BCUT2D eigenvalue weighted by Crippen LogP contribution is -2.18. The highest BCUT2D eigenvalue weighted by Crippen LogP contribution is 2.21. The number of rotatable bonds is 2. The molecule has 0 aliphatic heterocycles. The molecule has 1 amide bonds. The maximum Gasteiger partial charge on any atom is 0.217 e. The Kier molecular flexibility index (Phi) is 2.91. The fourth-order valence-electron chi connectivity index (χ4n) is 0.656. The minimum Gasteiger partial charge on any atom is -0.351 e. The number of amides is 1. The van der Waals surface area contributed by atoms with Crippen molar-refractivity contribution >= 4 is 28.8 Å². The van der Waals surface area contributed by atoms with Gasteiger partial charge in [-0.3, -0.25) is 4.79 Å². The highest BCUT2D eigenvalue weighted by molar-refractivity contribution is 7.10. The molecule has 1 rings (SSSR count). The highest BCUT2D eigenvalue weighted by Gasteiger charge is 2.00. The second-order valence-corrected chi connectivity index (χ2v) is 3.51. The van der Waals surface area contributed by atoms with E-state index in [9.17, 15) is 4.79 Å². The minimum absolute atomic E-state index is 0.0329. The van der Waals surface area contributed by atoms with Gasteiger partial charge in [-0.1, -0.05) is 11.6 Å². The molecule has 60 valence electrons. The van der Waals surface area contributed by atoms with E-state index in [0.717, 1.165) is 9.90 Å². The lowest BCUT2D eigenvalue weighted by Gasteiger charge is -1.98. The molecule has 0 saturated heterocycles. The van der Waals surface area contributed by atoms with Gasteiger partial charge in [-0.2, -0.15) is 0 Å². The molecule has 2 nitrogen and oxygen atoms in total. The maximum atomic E-state index is 10.5. The van der Waals surface area contributed by atoms with E-state index in [0.29, 0.717) is 6.54 Å². The third kappa shape index (κ3) is 2.52. The molecule has 1 N–H and O–H groups in total. The Labute approximate surface area is 74.2 Å². The Morgan fingerprint density at radius 3 is 3.00 bits per heavy atom. The fourth-order valence-corrected chi connectivity index (χ4v) is 1.70. The van der Waals surface area contributed by atoms with Crippen molar-refractivity contribution in [3.63, 3.8) is 0 Å². The molecule has 4 heteroatoms. The molecule has 1 aromatic rings. The first-order chi connectivity index (χ1) is 5.20. The van der Waals surface area contributed by atoms with Crippen molar-refractivity contribution in [2.24, 2.45) is 0 Å². The Bertz CT molecular complexity index is 259. The Morgan fingerprint density at radius 1 is 1.82 bits per heavy atom. The van der Waals surface area contributed by atoms with Gasteiger partial charge in [0, 0.05) is 11.8 Å². The summed E-state index contributed by atoms with van der Waals surface area (Å²) >= 11 is 7.33. The van der Waals surface area contributed by atoms with E-state index in [2.05, 4.69) is 5.32 Å². The second kappa shape index (κ2) is 3.74. The molecule has 0 radical (unpaired) electrons. The van der Waals surface area contributed by atoms with E-state index in [-0.39, 0.29) is 5.91 Å². The van der Waals surface area contributed by atoms with Crippen LogP contribution < -0.4 is 5.32 Å². The van der Waals surface area contributed by atoms with Crippen molar-refractivity contribution in [3.8, 4) is 0 Å². The zero-order valence-corrected chi connectivity index (χ0v) is 7.63. The lowest BCUT2D eigenvalue weighted by atomic mass is 10.4. The number of carbonyl (C=O) groups excluding carboxylic acids is 1. The Balaban J connectivity index is 2.51. The smallest absolute Gasteiger partial charge is 0.217 e. The summed E-state index contributed by atoms with van der Waals surface area (Å²) in [4.78, 5) is 11.5. The van der Waals surface area contributed by atoms with Gasteiger partial charge in [-0.25, -0.2) is 0 Å². The first kappa shape index (κ1) is 8.56. The fraction of sp³-hybridized carbons (Fsp3) is 0.286. The molecule has 0 aliphatic rings. The van der Waals surface area contributed by atoms with Gasteiger partial charge in [-0.05, 0) is 11.4 Å². The third-order valence-corrected chi connectivity index (χ3v) is 2.58. The summed E-state index contributed by atoms with van der Waals surface area (Å²) in [6, 6.07) is 1.82. The van der Waals surface area contributed by atoms with Crippen molar-refractivity contribution in [3.05, 3.63) is 21.3 Å². The molecule has 0 atom stereocenters. The van der Waals surface area contributed by atoms with Gasteiger partial charge < -0.3 is 5.32 Å². The summed E-state index contributed by atoms with van der Waals surface area (Å²) in [5, 5.41) is 5.30. The summed E-state index contributed by atoms with van der Waals surface area (Å²) < 4.78 is 0. The predicted octanol–water partition coefficient (Wildman–Crippen LogP) is 2.04. The first-order valence-electron chi connectivity index (χ1n) is 3.16. The lowest BCUT2D eigenvalue weighted by molar-refractivity contribution is -0.119. The van der Waals surface area contributed by atoms with Gasteiger partial charge in [0.25, 0.3) is 0 Å². The quantitative estimate of drug-likeness (QED) is 0.758. The van der Waals surface area contributed by atoms with E-state index in [4.69, 9.17) is 11.6 Å². The van der Waals surface area contributed by atoms with Crippen molar-refractivity contribution in [2.75, 3.05) is 0 Å². The molecule has 0 unspecified atom stereocenters. The van der Waals surface area contributed by atoms with E-state index in [1.165, 1.54) is 6.92 Å². The monoisotopic (exact) mass is 189 g/mol. The van der Waals surface area contributed by atoms with Crippen LogP contribution in [0.4, 0.5) is 0 Å². The van der Waals surface area contributed by atoms with Crippen molar-refractivity contribution in [2.45, 2.75) is 13.5 Å². The zero-order valence-electron chi connectivity index (χ0n) is 6.06. The van der Waals surface area contributed by atoms with Crippen LogP contribution in [0, 0.1) is 0 Å². The van der Waals surface area contributed by atoms with Crippen LogP contribution in [0.1, 0.15) is 11.8 Å². The first-order valence-corrected chi connectivity index (χ1v) is 4.42. The summed E-state index contributed by atoms with van der Waals surface area (Å²) in [5.74, 6) is -0.0329. The Hall–Kier alpha value is -0.540. The zero-order chi connectivity index (χ0) is 8.27. The number of hydrogen-bond donors (Lipinski definition) is 1. The van der Waals surface area contributed by atoms with Gasteiger partial charge in [0.05, 0.1) is 11.6 Å². The second-order valence-electron chi connectivity index (χ2n) is 2.10. The topological polar surface area (TPSA) is 29.1 Å². The van der Waals surface area contributed by atoms with Crippen LogP contribution in [0.2, 0.25) is 5.02 Å². The van der Waals surface area contributed by atoms with Crippen LogP contribution in [0.25, 0.3) is 0 Å². The van der Waals surface area contributed by atoms with Crippen LogP contribution in [0.3, 0.4) is 0 Å². The SMILES string of the molecule is CC(=O)NCc1sccc1Cl. The largest absolute Gasteiger partial charge is 0.351 e. The molecule has 1 heterocycles. The van der Waals surface area contributed by atoms with Crippen molar-refractivity contribution in [1.29, 1.82) is 0 Å². The average Bonchev–Trinajstić information content (AvgIpc) is 2.31. The number of thiophene rings is 1. The molecule has 1 aromatic heterocycles. The number of hydrogen-bond acceptors (Lipinski definition) is 2. The minimum atomic E-state index is -0.0329. The standard InChI is InChI=1S/C7H8ClNOS/c1-5(10)9-4-7-6(8)2-3-11-7/h2-3H,4H2,1H3,(H,9,10). The van der Waals surface area contributed by atoms with Gasteiger partial charge in [0.1, 0.15) is 0 Å². The van der Waals surface area contributed by atoms with Crippen molar-refractivity contribution in [1.82, 2.24) is 5.32 Å². The van der Waals surface area contributed by atoms with E-state index < -0.39 is 0 Å². The van der Waals surface area contributed by atoms with Gasteiger partial charge >= 0.3 is 0 Å². The maximum absolute atomic E-state index is 10.5. The molecule has 0 aromatic carbocycles. The molecule has 0 bridgehead atoms. The van der Waals surface area contributed by atoms with Gasteiger partial charge in [0.2, 0.25) is 5.91 Å². The van der Waals surface area contributed by atoms with E-state index in [1.54, 1.807) is 11.3 Å². The van der Waals surface area contributed by atoms with Crippen LogP contribution in [0.15, 0.2) is 11.4 Å². The molecule has 11 heavy (non-hydrogen) atoms. The van der Waals surface area contributed by atoms with Crippen LogP contribution in [-0.4, -0.2) is 5.91 Å². The molecule has 0 saturated carbocycles. The Morgan fingerprint density at radius 2 is 2.55 bits per heavy atom. The van der Waals surface area contributed by atoms with Crippen molar-refractivity contribution < 1.29 is 4.79 Å². The number of nitrogens with one attached hydrogen (secondary N) is 1. The predicted molar refractivity (Wildman–Crippen MR) is 46.8 cm³/mol. The number of carbonyl (C=O) groups is 1. The number of halogens is 1. The normalized spacial score (nSPS) is 9.64. The van der Waals surface area contributed by atoms with Crippen LogP contribution >= 0.6 is 22.9 Å². The van der Waals surface area contributed by atoms with Crippen LogP contribution in [-0.2, 0) is 11.3 Å². The molecule has 0 fully saturated rings. The highest BCUT2D eigenvalue weighted by atomic mass is 35.5. The summed E-state index contributed by atoms with van der Waals surface area (Å²) in [5.41, 5.74) is 0. The molecule has 0 spiro atoms. The summed E-state index contributed by atoms with van der Waals surface area (Å²) in [7, 11) is 0. The molecular formula is C7H8ClNOS. The van der Waals surface area contributed by atoms with Gasteiger partial charge in [0.15, 0.2) is 0 Å². The van der Waals surface area contributed by atoms with Crippen LogP contribution in [0.5, 0.6) is 0 Å². The summed E-state index contributed by atoms with van der Waals surface area (Å²) in [6.45, 7) is 2.02.